The van der Waals surface area contributed by atoms with Crippen molar-refractivity contribution in [2.24, 2.45) is 0 Å². The van der Waals surface area contributed by atoms with Crippen molar-refractivity contribution in [2.75, 3.05) is 49.6 Å². The number of fused-ring (bicyclic) bond motifs is 1. The van der Waals surface area contributed by atoms with Gasteiger partial charge in [0.2, 0.25) is 5.95 Å². The predicted molar refractivity (Wildman–Crippen MR) is 111 cm³/mol. The Morgan fingerprint density at radius 3 is 2.86 bits per heavy atom. The molecule has 3 aromatic rings. The summed E-state index contributed by atoms with van der Waals surface area (Å²) in [5.41, 5.74) is 1.14. The molecule has 0 saturated carbocycles. The molecular formula is C18H19ClN6O2S. The van der Waals surface area contributed by atoms with Gasteiger partial charge < -0.3 is 20.3 Å². The van der Waals surface area contributed by atoms with Crippen molar-refractivity contribution in [1.29, 1.82) is 0 Å². The lowest BCUT2D eigenvalue weighted by Gasteiger charge is -2.26. The van der Waals surface area contributed by atoms with Gasteiger partial charge in [0, 0.05) is 26.2 Å². The predicted octanol–water partition coefficient (Wildman–Crippen LogP) is 2.42. The number of halogens is 1. The molecule has 2 aromatic heterocycles. The Morgan fingerprint density at radius 1 is 1.21 bits per heavy atom. The van der Waals surface area contributed by atoms with E-state index in [0.717, 1.165) is 15.3 Å². The van der Waals surface area contributed by atoms with E-state index in [0.29, 0.717) is 45.3 Å². The van der Waals surface area contributed by atoms with Crippen LogP contribution >= 0.6 is 22.9 Å². The van der Waals surface area contributed by atoms with Crippen molar-refractivity contribution in [1.82, 2.24) is 20.3 Å². The molecule has 3 heterocycles. The van der Waals surface area contributed by atoms with Gasteiger partial charge in [0.05, 0.1) is 34.6 Å². The van der Waals surface area contributed by atoms with E-state index in [2.05, 4.69) is 25.6 Å². The minimum atomic E-state index is -0.326. The molecule has 146 valence electrons. The first-order valence-corrected chi connectivity index (χ1v) is 10.1. The van der Waals surface area contributed by atoms with Crippen LogP contribution in [0.2, 0.25) is 5.02 Å². The van der Waals surface area contributed by atoms with Crippen molar-refractivity contribution in [3.8, 4) is 0 Å². The van der Waals surface area contributed by atoms with Gasteiger partial charge in [-0.3, -0.25) is 4.79 Å². The summed E-state index contributed by atoms with van der Waals surface area (Å²) in [6.07, 6.45) is 1.47. The molecular weight excluding hydrogens is 400 g/mol. The van der Waals surface area contributed by atoms with E-state index in [1.54, 1.807) is 11.3 Å². The maximum atomic E-state index is 12.5. The van der Waals surface area contributed by atoms with Gasteiger partial charge in [0.15, 0.2) is 10.8 Å². The Kier molecular flexibility index (Phi) is 5.84. The minimum absolute atomic E-state index is 0.179. The second kappa shape index (κ2) is 8.68. The zero-order chi connectivity index (χ0) is 19.3. The fourth-order valence-electron chi connectivity index (χ4n) is 2.81. The summed E-state index contributed by atoms with van der Waals surface area (Å²) in [4.78, 5) is 27.5. The van der Waals surface area contributed by atoms with Gasteiger partial charge in [0.25, 0.3) is 5.91 Å². The number of rotatable bonds is 6. The largest absolute Gasteiger partial charge is 0.378 e. The molecule has 1 aliphatic heterocycles. The zero-order valence-corrected chi connectivity index (χ0v) is 16.6. The van der Waals surface area contributed by atoms with Crippen molar-refractivity contribution in [3.63, 3.8) is 0 Å². The Labute approximate surface area is 170 Å². The average molecular weight is 419 g/mol. The number of morpholine rings is 1. The van der Waals surface area contributed by atoms with Crippen molar-refractivity contribution < 1.29 is 9.53 Å². The number of nitrogens with one attached hydrogen (secondary N) is 2. The van der Waals surface area contributed by atoms with E-state index < -0.39 is 0 Å². The van der Waals surface area contributed by atoms with E-state index in [1.165, 1.54) is 6.20 Å². The molecule has 0 spiro atoms. The molecule has 0 unspecified atom stereocenters. The van der Waals surface area contributed by atoms with Gasteiger partial charge in [-0.15, -0.1) is 0 Å². The SMILES string of the molecule is O=C(NCCNc1nc2ccccc2s1)c1nc(N2CCOCC2)ncc1Cl. The van der Waals surface area contributed by atoms with Crippen LogP contribution in [0.1, 0.15) is 10.5 Å². The molecule has 1 aromatic carbocycles. The van der Waals surface area contributed by atoms with Gasteiger partial charge in [-0.2, -0.15) is 0 Å². The zero-order valence-electron chi connectivity index (χ0n) is 15.0. The number of para-hydroxylation sites is 1. The van der Waals surface area contributed by atoms with E-state index >= 15 is 0 Å². The number of hydrogen-bond acceptors (Lipinski definition) is 8. The first-order chi connectivity index (χ1) is 13.7. The van der Waals surface area contributed by atoms with E-state index in [4.69, 9.17) is 16.3 Å². The van der Waals surface area contributed by atoms with Crippen LogP contribution in [0.25, 0.3) is 10.2 Å². The third kappa shape index (κ3) is 4.32. The monoisotopic (exact) mass is 418 g/mol. The molecule has 0 aliphatic carbocycles. The highest BCUT2D eigenvalue weighted by Gasteiger charge is 2.18. The first kappa shape index (κ1) is 18.9. The van der Waals surface area contributed by atoms with Crippen LogP contribution in [0.15, 0.2) is 30.5 Å². The number of hydrogen-bond donors (Lipinski definition) is 2. The van der Waals surface area contributed by atoms with Gasteiger partial charge in [-0.25, -0.2) is 15.0 Å². The normalized spacial score (nSPS) is 14.2. The maximum Gasteiger partial charge on any atom is 0.271 e. The van der Waals surface area contributed by atoms with Gasteiger partial charge >= 0.3 is 0 Å². The minimum Gasteiger partial charge on any atom is -0.378 e. The number of carbonyl (C=O) groups is 1. The quantitative estimate of drug-likeness (QED) is 0.594. The third-order valence-corrected chi connectivity index (χ3v) is 5.49. The van der Waals surface area contributed by atoms with E-state index in [-0.39, 0.29) is 16.6 Å². The molecule has 1 amide bonds. The van der Waals surface area contributed by atoms with Gasteiger partial charge in [-0.05, 0) is 12.1 Å². The van der Waals surface area contributed by atoms with E-state index in [1.807, 2.05) is 29.2 Å². The lowest BCUT2D eigenvalue weighted by molar-refractivity contribution is 0.0950. The fourth-order valence-corrected chi connectivity index (χ4v) is 3.88. The highest BCUT2D eigenvalue weighted by atomic mass is 35.5. The molecule has 28 heavy (non-hydrogen) atoms. The van der Waals surface area contributed by atoms with Crippen LogP contribution < -0.4 is 15.5 Å². The summed E-state index contributed by atoms with van der Waals surface area (Å²) in [5.74, 6) is 0.165. The molecule has 10 heteroatoms. The lowest BCUT2D eigenvalue weighted by Crippen LogP contribution is -2.38. The first-order valence-electron chi connectivity index (χ1n) is 8.93. The molecule has 0 atom stereocenters. The maximum absolute atomic E-state index is 12.5. The Morgan fingerprint density at radius 2 is 2.04 bits per heavy atom. The summed E-state index contributed by atoms with van der Waals surface area (Å²) >= 11 is 7.71. The van der Waals surface area contributed by atoms with Crippen molar-refractivity contribution >= 4 is 50.1 Å². The van der Waals surface area contributed by atoms with E-state index in [9.17, 15) is 4.79 Å². The summed E-state index contributed by atoms with van der Waals surface area (Å²) < 4.78 is 6.45. The Balaban J connectivity index is 1.33. The van der Waals surface area contributed by atoms with Crippen LogP contribution in [0.3, 0.4) is 0 Å². The highest BCUT2D eigenvalue weighted by molar-refractivity contribution is 7.22. The van der Waals surface area contributed by atoms with Gasteiger partial charge in [0.1, 0.15) is 0 Å². The average Bonchev–Trinajstić information content (AvgIpc) is 3.15. The molecule has 0 radical (unpaired) electrons. The number of carbonyl (C=O) groups excluding carboxylic acids is 1. The van der Waals surface area contributed by atoms with Crippen molar-refractivity contribution in [2.45, 2.75) is 0 Å². The van der Waals surface area contributed by atoms with Crippen LogP contribution in [-0.4, -0.2) is 60.3 Å². The second-order valence-electron chi connectivity index (χ2n) is 6.14. The number of anilines is 2. The fraction of sp³-hybridized carbons (Fsp3) is 0.333. The van der Waals surface area contributed by atoms with Crippen LogP contribution in [0.5, 0.6) is 0 Å². The third-order valence-electron chi connectivity index (χ3n) is 4.22. The van der Waals surface area contributed by atoms with Crippen LogP contribution in [0, 0.1) is 0 Å². The van der Waals surface area contributed by atoms with Crippen molar-refractivity contribution in [3.05, 3.63) is 41.2 Å². The summed E-state index contributed by atoms with van der Waals surface area (Å²) in [5, 5.41) is 7.11. The number of ether oxygens (including phenoxy) is 1. The number of nitrogens with zero attached hydrogens (tertiary/aromatic N) is 4. The smallest absolute Gasteiger partial charge is 0.271 e. The summed E-state index contributed by atoms with van der Waals surface area (Å²) in [6, 6.07) is 7.95. The number of aromatic nitrogens is 3. The molecule has 2 N–H and O–H groups in total. The second-order valence-corrected chi connectivity index (χ2v) is 7.57. The Bertz CT molecular complexity index is 943. The molecule has 1 saturated heterocycles. The topological polar surface area (TPSA) is 92.3 Å². The number of thiazole rings is 1. The number of amides is 1. The molecule has 1 fully saturated rings. The Hall–Kier alpha value is -2.49. The summed E-state index contributed by atoms with van der Waals surface area (Å²) in [6.45, 7) is 3.58. The van der Waals surface area contributed by atoms with Crippen LogP contribution in [0.4, 0.5) is 11.1 Å². The standard InChI is InChI=1S/C18H19ClN6O2S/c19-12-11-22-17(25-7-9-27-10-8-25)24-15(12)16(26)20-5-6-21-18-23-13-3-1-2-4-14(13)28-18/h1-4,11H,5-10H2,(H,20,26)(H,21,23). The van der Waals surface area contributed by atoms with Gasteiger partial charge in [-0.1, -0.05) is 35.1 Å². The molecule has 8 nitrogen and oxygen atoms in total. The van der Waals surface area contributed by atoms with Crippen LogP contribution in [-0.2, 0) is 4.74 Å². The molecule has 0 bridgehead atoms. The summed E-state index contributed by atoms with van der Waals surface area (Å²) in [7, 11) is 0. The number of benzene rings is 1. The molecule has 1 aliphatic rings. The lowest BCUT2D eigenvalue weighted by atomic mass is 10.3. The highest BCUT2D eigenvalue weighted by Crippen LogP contribution is 2.25. The molecule has 4 rings (SSSR count).